The van der Waals surface area contributed by atoms with Crippen LogP contribution in [0.2, 0.25) is 20.1 Å². The number of benzene rings is 2. The van der Waals surface area contributed by atoms with Crippen LogP contribution in [0, 0.1) is 0 Å². The van der Waals surface area contributed by atoms with E-state index < -0.39 is 6.43 Å². The Morgan fingerprint density at radius 2 is 1.42 bits per heavy atom. The second-order valence-electron chi connectivity index (χ2n) is 3.75. The average molecular weight is 342 g/mol. The Labute approximate surface area is 128 Å². The van der Waals surface area contributed by atoms with Gasteiger partial charge in [-0.25, -0.2) is 8.78 Å². The van der Waals surface area contributed by atoms with Crippen molar-refractivity contribution in [2.45, 2.75) is 6.43 Å². The molecule has 0 N–H and O–H groups in total. The van der Waals surface area contributed by atoms with Crippen molar-refractivity contribution < 1.29 is 8.78 Å². The maximum atomic E-state index is 13.1. The van der Waals surface area contributed by atoms with Crippen LogP contribution in [0.15, 0.2) is 30.3 Å². The van der Waals surface area contributed by atoms with E-state index in [0.717, 1.165) is 0 Å². The lowest BCUT2D eigenvalue weighted by atomic mass is 9.99. The molecule has 0 unspecified atom stereocenters. The number of hydrogen-bond donors (Lipinski definition) is 0. The lowest BCUT2D eigenvalue weighted by molar-refractivity contribution is 0.152. The fourth-order valence-electron chi connectivity index (χ4n) is 1.78. The van der Waals surface area contributed by atoms with Gasteiger partial charge in [0.05, 0.1) is 15.1 Å². The first-order valence-corrected chi connectivity index (χ1v) is 6.64. The maximum Gasteiger partial charge on any atom is 0.265 e. The molecule has 0 saturated carbocycles. The molecular weight excluding hydrogens is 336 g/mol. The summed E-state index contributed by atoms with van der Waals surface area (Å²) in [6.45, 7) is 0. The van der Waals surface area contributed by atoms with Crippen LogP contribution in [-0.2, 0) is 0 Å². The molecule has 0 aliphatic carbocycles. The quantitative estimate of drug-likeness (QED) is 0.557. The van der Waals surface area contributed by atoms with E-state index in [2.05, 4.69) is 0 Å². The molecule has 0 amide bonds. The predicted molar refractivity (Wildman–Crippen MR) is 76.9 cm³/mol. The van der Waals surface area contributed by atoms with Gasteiger partial charge in [0.1, 0.15) is 0 Å². The lowest BCUT2D eigenvalue weighted by Gasteiger charge is -2.14. The molecule has 0 heterocycles. The standard InChI is InChI=1S/C13H6Cl4F2/c14-6-4-9(16)11(10(17)5-6)7-2-1-3-8(15)12(7)13(18)19/h1-5,13H. The lowest BCUT2D eigenvalue weighted by Crippen LogP contribution is -1.93. The summed E-state index contributed by atoms with van der Waals surface area (Å²) < 4.78 is 26.2. The molecule has 6 heteroatoms. The van der Waals surface area contributed by atoms with Crippen molar-refractivity contribution in [1.82, 2.24) is 0 Å². The third-order valence-electron chi connectivity index (χ3n) is 2.55. The van der Waals surface area contributed by atoms with Crippen LogP contribution in [0.4, 0.5) is 8.78 Å². The van der Waals surface area contributed by atoms with Crippen molar-refractivity contribution in [3.8, 4) is 11.1 Å². The Morgan fingerprint density at radius 3 is 1.95 bits per heavy atom. The molecular formula is C13H6Cl4F2. The minimum atomic E-state index is -2.73. The van der Waals surface area contributed by atoms with Crippen LogP contribution < -0.4 is 0 Å². The second-order valence-corrected chi connectivity index (χ2v) is 5.40. The SMILES string of the molecule is FC(F)c1c(Cl)cccc1-c1c(Cl)cc(Cl)cc1Cl. The third-order valence-corrected chi connectivity index (χ3v) is 3.69. The molecule has 0 saturated heterocycles. The molecule has 0 fully saturated rings. The molecule has 0 aliphatic rings. The van der Waals surface area contributed by atoms with E-state index >= 15 is 0 Å². The van der Waals surface area contributed by atoms with E-state index in [1.165, 1.54) is 24.3 Å². The van der Waals surface area contributed by atoms with Crippen LogP contribution >= 0.6 is 46.4 Å². The Kier molecular flexibility index (Phi) is 4.57. The van der Waals surface area contributed by atoms with Gasteiger partial charge in [0, 0.05) is 16.1 Å². The summed E-state index contributed by atoms with van der Waals surface area (Å²) in [5.74, 6) is 0. The van der Waals surface area contributed by atoms with Gasteiger partial charge in [-0.3, -0.25) is 0 Å². The van der Waals surface area contributed by atoms with Crippen molar-refractivity contribution in [1.29, 1.82) is 0 Å². The zero-order valence-electron chi connectivity index (χ0n) is 9.23. The molecule has 0 radical (unpaired) electrons. The van der Waals surface area contributed by atoms with Crippen molar-refractivity contribution in [2.24, 2.45) is 0 Å². The molecule has 0 aliphatic heterocycles. The second kappa shape index (κ2) is 5.84. The van der Waals surface area contributed by atoms with E-state index in [1.54, 1.807) is 6.07 Å². The summed E-state index contributed by atoms with van der Waals surface area (Å²) in [5.41, 5.74) is 0.204. The van der Waals surface area contributed by atoms with E-state index in [0.29, 0.717) is 10.6 Å². The van der Waals surface area contributed by atoms with E-state index in [4.69, 9.17) is 46.4 Å². The minimum Gasteiger partial charge on any atom is -0.205 e. The van der Waals surface area contributed by atoms with Crippen LogP contribution in [0.3, 0.4) is 0 Å². The highest BCUT2D eigenvalue weighted by Gasteiger charge is 2.21. The van der Waals surface area contributed by atoms with Crippen LogP contribution in [0.5, 0.6) is 0 Å². The molecule has 2 aromatic carbocycles. The van der Waals surface area contributed by atoms with Gasteiger partial charge in [-0.05, 0) is 23.8 Å². The summed E-state index contributed by atoms with van der Waals surface area (Å²) in [4.78, 5) is 0. The predicted octanol–water partition coefficient (Wildman–Crippen LogP) is 6.90. The van der Waals surface area contributed by atoms with Crippen LogP contribution in [-0.4, -0.2) is 0 Å². The molecule has 0 nitrogen and oxygen atoms in total. The van der Waals surface area contributed by atoms with Gasteiger partial charge < -0.3 is 0 Å². The summed E-state index contributed by atoms with van der Waals surface area (Å²) >= 11 is 23.7. The average Bonchev–Trinajstić information content (AvgIpc) is 2.26. The highest BCUT2D eigenvalue weighted by Crippen LogP contribution is 2.43. The highest BCUT2D eigenvalue weighted by atomic mass is 35.5. The third kappa shape index (κ3) is 2.97. The monoisotopic (exact) mass is 340 g/mol. The topological polar surface area (TPSA) is 0 Å². The first-order chi connectivity index (χ1) is 8.91. The molecule has 0 atom stereocenters. The van der Waals surface area contributed by atoms with Crippen molar-refractivity contribution >= 4 is 46.4 Å². The number of rotatable bonds is 2. The van der Waals surface area contributed by atoms with Crippen LogP contribution in [0.1, 0.15) is 12.0 Å². The van der Waals surface area contributed by atoms with Gasteiger partial charge in [-0.2, -0.15) is 0 Å². The first kappa shape index (κ1) is 14.9. The summed E-state index contributed by atoms with van der Waals surface area (Å²) in [6.07, 6.45) is -2.73. The summed E-state index contributed by atoms with van der Waals surface area (Å²) in [5, 5.41) is 0.692. The molecule has 19 heavy (non-hydrogen) atoms. The summed E-state index contributed by atoms with van der Waals surface area (Å²) in [7, 11) is 0. The largest absolute Gasteiger partial charge is 0.265 e. The Balaban J connectivity index is 2.76. The van der Waals surface area contributed by atoms with Gasteiger partial charge in [0.2, 0.25) is 0 Å². The minimum absolute atomic E-state index is 0.0328. The van der Waals surface area contributed by atoms with E-state index in [1.807, 2.05) is 0 Å². The fourth-order valence-corrected chi connectivity index (χ4v) is 3.05. The zero-order chi connectivity index (χ0) is 14.2. The van der Waals surface area contributed by atoms with Gasteiger partial charge in [-0.1, -0.05) is 58.5 Å². The van der Waals surface area contributed by atoms with Crippen LogP contribution in [0.25, 0.3) is 11.1 Å². The fraction of sp³-hybridized carbons (Fsp3) is 0.0769. The Morgan fingerprint density at radius 1 is 0.842 bits per heavy atom. The molecule has 2 aromatic rings. The van der Waals surface area contributed by atoms with Crippen molar-refractivity contribution in [3.05, 3.63) is 56.0 Å². The number of alkyl halides is 2. The van der Waals surface area contributed by atoms with Gasteiger partial charge in [-0.15, -0.1) is 0 Å². The number of halogens is 6. The molecule has 0 bridgehead atoms. The maximum absolute atomic E-state index is 13.1. The van der Waals surface area contributed by atoms with Crippen molar-refractivity contribution in [3.63, 3.8) is 0 Å². The number of hydrogen-bond acceptors (Lipinski definition) is 0. The van der Waals surface area contributed by atoms with E-state index in [9.17, 15) is 8.78 Å². The summed E-state index contributed by atoms with van der Waals surface area (Å²) in [6, 6.07) is 7.34. The van der Waals surface area contributed by atoms with Gasteiger partial charge >= 0.3 is 0 Å². The van der Waals surface area contributed by atoms with Gasteiger partial charge in [0.15, 0.2) is 0 Å². The highest BCUT2D eigenvalue weighted by molar-refractivity contribution is 6.42. The van der Waals surface area contributed by atoms with Gasteiger partial charge in [0.25, 0.3) is 6.43 Å². The molecule has 0 aromatic heterocycles. The Bertz CT molecular complexity index is 603. The van der Waals surface area contributed by atoms with E-state index in [-0.39, 0.29) is 26.2 Å². The first-order valence-electron chi connectivity index (χ1n) is 5.13. The molecule has 0 spiro atoms. The smallest absolute Gasteiger partial charge is 0.205 e. The zero-order valence-corrected chi connectivity index (χ0v) is 12.3. The van der Waals surface area contributed by atoms with Crippen molar-refractivity contribution in [2.75, 3.05) is 0 Å². The normalized spacial score (nSPS) is 11.1. The molecule has 2 rings (SSSR count). The Hall–Kier alpha value is -0.540. The molecule has 100 valence electrons.